The summed E-state index contributed by atoms with van der Waals surface area (Å²) in [6, 6.07) is 5.80. The molecule has 1 rings (SSSR count). The third-order valence-electron chi connectivity index (χ3n) is 2.45. The van der Waals surface area contributed by atoms with Gasteiger partial charge in [-0.25, -0.2) is 0 Å². The smallest absolute Gasteiger partial charge is 0.238 e. The number of benzene rings is 1. The van der Waals surface area contributed by atoms with Crippen LogP contribution in [0.25, 0.3) is 0 Å². The fourth-order valence-corrected chi connectivity index (χ4v) is 1.76. The van der Waals surface area contributed by atoms with Crippen LogP contribution in [0.2, 0.25) is 0 Å². The van der Waals surface area contributed by atoms with Crippen LogP contribution in [0, 0.1) is 6.92 Å². The summed E-state index contributed by atoms with van der Waals surface area (Å²) >= 11 is 3.44. The van der Waals surface area contributed by atoms with Crippen molar-refractivity contribution >= 4 is 27.5 Å². The van der Waals surface area contributed by atoms with Crippen molar-refractivity contribution in [3.05, 3.63) is 28.2 Å². The molecule has 0 saturated heterocycles. The van der Waals surface area contributed by atoms with E-state index in [0.29, 0.717) is 6.54 Å². The van der Waals surface area contributed by atoms with Crippen LogP contribution in [-0.2, 0) is 4.79 Å². The van der Waals surface area contributed by atoms with Gasteiger partial charge in [-0.05, 0) is 37.6 Å². The second-order valence-electron chi connectivity index (χ2n) is 4.04. The van der Waals surface area contributed by atoms with Crippen LogP contribution in [-0.4, -0.2) is 19.0 Å². The highest BCUT2D eigenvalue weighted by molar-refractivity contribution is 9.10. The monoisotopic (exact) mass is 298 g/mol. The van der Waals surface area contributed by atoms with Gasteiger partial charge in [-0.1, -0.05) is 35.3 Å². The first-order chi connectivity index (χ1) is 8.13. The van der Waals surface area contributed by atoms with Gasteiger partial charge >= 0.3 is 0 Å². The number of nitrogens with one attached hydrogen (secondary N) is 2. The minimum absolute atomic E-state index is 0.00291. The normalized spacial score (nSPS) is 10.3. The van der Waals surface area contributed by atoms with Crippen molar-refractivity contribution in [2.45, 2.75) is 26.7 Å². The molecule has 94 valence electrons. The number of rotatable bonds is 6. The van der Waals surface area contributed by atoms with Gasteiger partial charge in [0.05, 0.1) is 6.54 Å². The topological polar surface area (TPSA) is 41.1 Å². The Kier molecular flexibility index (Phi) is 6.22. The van der Waals surface area contributed by atoms with Crippen LogP contribution in [0.4, 0.5) is 5.69 Å². The molecule has 0 aliphatic rings. The number of hydrogen-bond donors (Lipinski definition) is 2. The Labute approximate surface area is 111 Å². The maximum absolute atomic E-state index is 11.6. The molecule has 0 radical (unpaired) electrons. The molecule has 1 aromatic rings. The number of unbranched alkanes of at least 4 members (excludes halogenated alkanes) is 1. The molecule has 0 heterocycles. The lowest BCUT2D eigenvalue weighted by molar-refractivity contribution is -0.115. The van der Waals surface area contributed by atoms with E-state index in [9.17, 15) is 4.79 Å². The lowest BCUT2D eigenvalue weighted by Crippen LogP contribution is -2.28. The van der Waals surface area contributed by atoms with Crippen LogP contribution in [0.15, 0.2) is 22.7 Å². The molecule has 0 aliphatic heterocycles. The highest BCUT2D eigenvalue weighted by Gasteiger charge is 2.02. The van der Waals surface area contributed by atoms with Crippen molar-refractivity contribution in [3.8, 4) is 0 Å². The van der Waals surface area contributed by atoms with Crippen LogP contribution in [0.3, 0.4) is 0 Å². The molecule has 0 atom stereocenters. The third-order valence-corrected chi connectivity index (χ3v) is 3.30. The standard InChI is InChI=1S/C13H19BrN2O/c1-3-4-7-15-9-13(17)16-11-6-5-10(2)12(14)8-11/h5-6,8,15H,3-4,7,9H2,1-2H3,(H,16,17). The Hall–Kier alpha value is -0.870. The van der Waals surface area contributed by atoms with Gasteiger partial charge in [-0.2, -0.15) is 0 Å². The second kappa shape index (κ2) is 7.45. The van der Waals surface area contributed by atoms with E-state index in [4.69, 9.17) is 0 Å². The van der Waals surface area contributed by atoms with Gasteiger partial charge in [-0.15, -0.1) is 0 Å². The zero-order valence-electron chi connectivity index (χ0n) is 10.3. The van der Waals surface area contributed by atoms with Gasteiger partial charge in [0.25, 0.3) is 0 Å². The van der Waals surface area contributed by atoms with Crippen molar-refractivity contribution in [3.63, 3.8) is 0 Å². The quantitative estimate of drug-likeness (QED) is 0.793. The van der Waals surface area contributed by atoms with E-state index < -0.39 is 0 Å². The average Bonchev–Trinajstić information content (AvgIpc) is 2.30. The minimum Gasteiger partial charge on any atom is -0.325 e. The molecule has 0 unspecified atom stereocenters. The highest BCUT2D eigenvalue weighted by Crippen LogP contribution is 2.20. The first kappa shape index (κ1) is 14.2. The molecule has 0 bridgehead atoms. The molecular formula is C13H19BrN2O. The van der Waals surface area contributed by atoms with Gasteiger partial charge in [0.1, 0.15) is 0 Å². The van der Waals surface area contributed by atoms with Crippen molar-refractivity contribution < 1.29 is 4.79 Å². The summed E-state index contributed by atoms with van der Waals surface area (Å²) in [6.07, 6.45) is 2.24. The third kappa shape index (κ3) is 5.33. The van der Waals surface area contributed by atoms with Crippen molar-refractivity contribution in [1.29, 1.82) is 0 Å². The van der Waals surface area contributed by atoms with E-state index in [1.165, 1.54) is 0 Å². The van der Waals surface area contributed by atoms with Crippen LogP contribution >= 0.6 is 15.9 Å². The Bertz CT molecular complexity index is 380. The molecule has 1 aromatic carbocycles. The molecule has 3 nitrogen and oxygen atoms in total. The molecule has 4 heteroatoms. The molecule has 0 aromatic heterocycles. The summed E-state index contributed by atoms with van der Waals surface area (Å²) in [5, 5.41) is 5.96. The SMILES string of the molecule is CCCCNCC(=O)Nc1ccc(C)c(Br)c1. The first-order valence-corrected chi connectivity index (χ1v) is 6.69. The molecular weight excluding hydrogens is 280 g/mol. The summed E-state index contributed by atoms with van der Waals surface area (Å²) in [7, 11) is 0. The summed E-state index contributed by atoms with van der Waals surface area (Å²) in [5.74, 6) is -0.00291. The zero-order chi connectivity index (χ0) is 12.7. The number of carbonyl (C=O) groups excluding carboxylic acids is 1. The maximum Gasteiger partial charge on any atom is 0.238 e. The summed E-state index contributed by atoms with van der Waals surface area (Å²) in [4.78, 5) is 11.6. The number of hydrogen-bond acceptors (Lipinski definition) is 2. The Balaban J connectivity index is 2.37. The van der Waals surface area contributed by atoms with Crippen molar-refractivity contribution in [1.82, 2.24) is 5.32 Å². The largest absolute Gasteiger partial charge is 0.325 e. The van der Waals surface area contributed by atoms with Crippen molar-refractivity contribution in [2.24, 2.45) is 0 Å². The van der Waals surface area contributed by atoms with Gasteiger partial charge in [0.15, 0.2) is 0 Å². The van der Waals surface area contributed by atoms with Gasteiger partial charge in [0.2, 0.25) is 5.91 Å². The predicted molar refractivity (Wildman–Crippen MR) is 75.3 cm³/mol. The number of aryl methyl sites for hydroxylation is 1. The summed E-state index contributed by atoms with van der Waals surface area (Å²) in [5.41, 5.74) is 1.98. The van der Waals surface area contributed by atoms with E-state index in [1.807, 2.05) is 25.1 Å². The minimum atomic E-state index is -0.00291. The maximum atomic E-state index is 11.6. The molecule has 17 heavy (non-hydrogen) atoms. The number of anilines is 1. The van der Waals surface area contributed by atoms with E-state index in [2.05, 4.69) is 33.5 Å². The van der Waals surface area contributed by atoms with Crippen molar-refractivity contribution in [2.75, 3.05) is 18.4 Å². The van der Waals surface area contributed by atoms with Crippen LogP contribution in [0.1, 0.15) is 25.3 Å². The molecule has 0 fully saturated rings. The average molecular weight is 299 g/mol. The Morgan fingerprint density at radius 2 is 2.18 bits per heavy atom. The first-order valence-electron chi connectivity index (χ1n) is 5.90. The lowest BCUT2D eigenvalue weighted by Gasteiger charge is -2.07. The van der Waals surface area contributed by atoms with Gasteiger partial charge < -0.3 is 10.6 Å². The fourth-order valence-electron chi connectivity index (χ4n) is 1.38. The van der Waals surface area contributed by atoms with Crippen LogP contribution < -0.4 is 10.6 Å². The van der Waals surface area contributed by atoms with E-state index >= 15 is 0 Å². The van der Waals surface area contributed by atoms with E-state index in [-0.39, 0.29) is 5.91 Å². The Morgan fingerprint density at radius 1 is 1.41 bits per heavy atom. The van der Waals surface area contributed by atoms with E-state index in [0.717, 1.165) is 35.1 Å². The summed E-state index contributed by atoms with van der Waals surface area (Å²) in [6.45, 7) is 5.40. The predicted octanol–water partition coefficient (Wildman–Crippen LogP) is 3.09. The highest BCUT2D eigenvalue weighted by atomic mass is 79.9. The summed E-state index contributed by atoms with van der Waals surface area (Å²) < 4.78 is 1.01. The molecule has 0 spiro atoms. The molecule has 2 N–H and O–H groups in total. The van der Waals surface area contributed by atoms with E-state index in [1.54, 1.807) is 0 Å². The number of amides is 1. The number of halogens is 1. The Morgan fingerprint density at radius 3 is 2.82 bits per heavy atom. The molecule has 1 amide bonds. The van der Waals surface area contributed by atoms with Gasteiger partial charge in [-0.3, -0.25) is 4.79 Å². The zero-order valence-corrected chi connectivity index (χ0v) is 11.9. The van der Waals surface area contributed by atoms with Crippen LogP contribution in [0.5, 0.6) is 0 Å². The number of carbonyl (C=O) groups is 1. The molecule has 0 saturated carbocycles. The molecule has 0 aliphatic carbocycles. The fraction of sp³-hybridized carbons (Fsp3) is 0.462. The van der Waals surface area contributed by atoms with Gasteiger partial charge in [0, 0.05) is 10.2 Å². The lowest BCUT2D eigenvalue weighted by atomic mass is 10.2. The second-order valence-corrected chi connectivity index (χ2v) is 4.90.